The van der Waals surface area contributed by atoms with E-state index in [1.807, 2.05) is 34.6 Å². The molecule has 1 nitrogen and oxygen atoms in total. The van der Waals surface area contributed by atoms with Crippen LogP contribution in [0.15, 0.2) is 36.5 Å². The van der Waals surface area contributed by atoms with Crippen LogP contribution in [0.2, 0.25) is 0 Å². The van der Waals surface area contributed by atoms with Gasteiger partial charge in [-0.1, -0.05) is 46.9 Å². The minimum absolute atomic E-state index is 0.0302. The lowest BCUT2D eigenvalue weighted by Crippen LogP contribution is -1.95. The van der Waals surface area contributed by atoms with Gasteiger partial charge in [-0.25, -0.2) is 0 Å². The molecular formula is C13H24O. The normalized spacial score (nSPS) is 9.29. The van der Waals surface area contributed by atoms with Crippen molar-refractivity contribution >= 4 is 5.78 Å². The maximum Gasteiger partial charge on any atom is 0.181 e. The molecule has 82 valence electrons. The van der Waals surface area contributed by atoms with E-state index < -0.39 is 0 Å². The molecule has 0 aliphatic heterocycles. The molecule has 0 amide bonds. The maximum atomic E-state index is 10.9. The van der Waals surface area contributed by atoms with Gasteiger partial charge >= 0.3 is 0 Å². The van der Waals surface area contributed by atoms with Crippen LogP contribution in [0.5, 0.6) is 0 Å². The summed E-state index contributed by atoms with van der Waals surface area (Å²) in [5.74, 6) is -0.0302. The Morgan fingerprint density at radius 3 is 1.50 bits per heavy atom. The Morgan fingerprint density at radius 2 is 1.29 bits per heavy atom. The summed E-state index contributed by atoms with van der Waals surface area (Å²) in [5.41, 5.74) is 1.62. The van der Waals surface area contributed by atoms with E-state index in [-0.39, 0.29) is 5.78 Å². The molecule has 0 aromatic rings. The molecule has 0 aliphatic carbocycles. The van der Waals surface area contributed by atoms with Gasteiger partial charge in [0.05, 0.1) is 0 Å². The number of rotatable bonds is 3. The SMILES string of the molecule is C=CC(=O)/C(C)=C(\C)C=C.CC.CC. The van der Waals surface area contributed by atoms with Crippen LogP contribution in [-0.2, 0) is 4.79 Å². The minimum atomic E-state index is -0.0302. The topological polar surface area (TPSA) is 17.1 Å². The fourth-order valence-electron chi connectivity index (χ4n) is 0.501. The summed E-state index contributed by atoms with van der Waals surface area (Å²) in [6, 6.07) is 0. The second kappa shape index (κ2) is 14.4. The van der Waals surface area contributed by atoms with Gasteiger partial charge in [0.1, 0.15) is 0 Å². The summed E-state index contributed by atoms with van der Waals surface area (Å²) in [6.45, 7) is 18.6. The molecule has 1 heteroatoms. The first-order chi connectivity index (χ1) is 6.63. The smallest absolute Gasteiger partial charge is 0.181 e. The summed E-state index contributed by atoms with van der Waals surface area (Å²) in [6.07, 6.45) is 2.97. The molecule has 0 saturated heterocycles. The zero-order chi connectivity index (χ0) is 12.1. The predicted molar refractivity (Wildman–Crippen MR) is 66.5 cm³/mol. The van der Waals surface area contributed by atoms with Gasteiger partial charge in [0.2, 0.25) is 0 Å². The molecule has 0 N–H and O–H groups in total. The lowest BCUT2D eigenvalue weighted by Gasteiger charge is -1.96. The van der Waals surface area contributed by atoms with Crippen LogP contribution >= 0.6 is 0 Å². The summed E-state index contributed by atoms with van der Waals surface area (Å²) in [5, 5.41) is 0. The van der Waals surface area contributed by atoms with Crippen molar-refractivity contribution in [1.29, 1.82) is 0 Å². The Kier molecular flexibility index (Phi) is 19.2. The Morgan fingerprint density at radius 1 is 0.929 bits per heavy atom. The van der Waals surface area contributed by atoms with Crippen LogP contribution in [0, 0.1) is 0 Å². The quantitative estimate of drug-likeness (QED) is 0.485. The van der Waals surface area contributed by atoms with Gasteiger partial charge < -0.3 is 0 Å². The standard InChI is InChI=1S/C9H12O.2C2H6/c1-5-7(3)8(4)9(10)6-2;2*1-2/h5-6H,1-2H2,3-4H3;2*1-2H3/b8-7+;;. The van der Waals surface area contributed by atoms with Crippen molar-refractivity contribution in [2.24, 2.45) is 0 Å². The average molecular weight is 196 g/mol. The van der Waals surface area contributed by atoms with E-state index in [2.05, 4.69) is 13.2 Å². The second-order valence-electron chi connectivity index (χ2n) is 2.08. The van der Waals surface area contributed by atoms with E-state index in [0.29, 0.717) is 5.57 Å². The maximum absolute atomic E-state index is 10.9. The lowest BCUT2D eigenvalue weighted by molar-refractivity contribution is -0.111. The molecule has 0 rings (SSSR count). The highest BCUT2D eigenvalue weighted by Gasteiger charge is 1.99. The summed E-state index contributed by atoms with van der Waals surface area (Å²) in [4.78, 5) is 10.9. The monoisotopic (exact) mass is 196 g/mol. The molecule has 0 unspecified atom stereocenters. The molecule has 14 heavy (non-hydrogen) atoms. The Balaban J connectivity index is -0.000000266. The Labute approximate surface area is 89.2 Å². The molecule has 0 atom stereocenters. The van der Waals surface area contributed by atoms with E-state index in [9.17, 15) is 4.79 Å². The summed E-state index contributed by atoms with van der Waals surface area (Å²) in [7, 11) is 0. The van der Waals surface area contributed by atoms with E-state index >= 15 is 0 Å². The Hall–Kier alpha value is -1.11. The van der Waals surface area contributed by atoms with Gasteiger partial charge in [-0.3, -0.25) is 4.79 Å². The van der Waals surface area contributed by atoms with Crippen LogP contribution in [0.1, 0.15) is 41.5 Å². The molecule has 0 heterocycles. The molecule has 0 bridgehead atoms. The number of hydrogen-bond donors (Lipinski definition) is 0. The summed E-state index contributed by atoms with van der Waals surface area (Å²) >= 11 is 0. The molecule has 0 radical (unpaired) electrons. The third-order valence-electron chi connectivity index (χ3n) is 1.45. The van der Waals surface area contributed by atoms with Gasteiger partial charge in [0.15, 0.2) is 5.78 Å². The van der Waals surface area contributed by atoms with E-state index in [4.69, 9.17) is 0 Å². The minimum Gasteiger partial charge on any atom is -0.290 e. The van der Waals surface area contributed by atoms with Crippen molar-refractivity contribution in [3.63, 3.8) is 0 Å². The molecule has 0 aliphatic rings. The Bertz CT molecular complexity index is 197. The van der Waals surface area contributed by atoms with Crippen LogP contribution in [0.3, 0.4) is 0 Å². The van der Waals surface area contributed by atoms with Crippen molar-refractivity contribution in [2.75, 3.05) is 0 Å². The van der Waals surface area contributed by atoms with Gasteiger partial charge in [-0.2, -0.15) is 0 Å². The first-order valence-electron chi connectivity index (χ1n) is 5.10. The van der Waals surface area contributed by atoms with Gasteiger partial charge in [-0.15, -0.1) is 0 Å². The van der Waals surface area contributed by atoms with Crippen molar-refractivity contribution in [1.82, 2.24) is 0 Å². The van der Waals surface area contributed by atoms with Crippen molar-refractivity contribution in [3.8, 4) is 0 Å². The average Bonchev–Trinajstić information content (AvgIpc) is 2.31. The molecule has 0 aromatic heterocycles. The first-order valence-corrected chi connectivity index (χ1v) is 5.10. The summed E-state index contributed by atoms with van der Waals surface area (Å²) < 4.78 is 0. The number of carbonyl (C=O) groups excluding carboxylic acids is 1. The molecule has 0 spiro atoms. The second-order valence-corrected chi connectivity index (χ2v) is 2.08. The van der Waals surface area contributed by atoms with Gasteiger partial charge in [-0.05, 0) is 31.1 Å². The van der Waals surface area contributed by atoms with Crippen LogP contribution in [0.4, 0.5) is 0 Å². The number of carbonyl (C=O) groups is 1. The van der Waals surface area contributed by atoms with Crippen LogP contribution in [-0.4, -0.2) is 5.78 Å². The van der Waals surface area contributed by atoms with Crippen LogP contribution < -0.4 is 0 Å². The van der Waals surface area contributed by atoms with Crippen molar-refractivity contribution in [2.45, 2.75) is 41.5 Å². The third-order valence-corrected chi connectivity index (χ3v) is 1.45. The van der Waals surface area contributed by atoms with Gasteiger partial charge in [0.25, 0.3) is 0 Å². The highest BCUT2D eigenvalue weighted by molar-refractivity contribution is 6.03. The molecule has 0 fully saturated rings. The molecular weight excluding hydrogens is 172 g/mol. The number of allylic oxidation sites excluding steroid dienone is 4. The molecule has 0 saturated carbocycles. The molecule has 0 aromatic carbocycles. The van der Waals surface area contributed by atoms with Gasteiger partial charge in [0, 0.05) is 0 Å². The lowest BCUT2D eigenvalue weighted by atomic mass is 10.1. The first kappa shape index (κ1) is 18.6. The highest BCUT2D eigenvalue weighted by Crippen LogP contribution is 2.04. The van der Waals surface area contributed by atoms with E-state index in [1.54, 1.807) is 13.0 Å². The van der Waals surface area contributed by atoms with E-state index in [1.165, 1.54) is 6.08 Å². The fraction of sp³-hybridized carbons (Fsp3) is 0.462. The fourth-order valence-corrected chi connectivity index (χ4v) is 0.501. The third kappa shape index (κ3) is 8.98. The van der Waals surface area contributed by atoms with Crippen molar-refractivity contribution < 1.29 is 4.79 Å². The predicted octanol–water partition coefficient (Wildman–Crippen LogP) is 4.32. The van der Waals surface area contributed by atoms with E-state index in [0.717, 1.165) is 5.57 Å². The van der Waals surface area contributed by atoms with Crippen LogP contribution in [0.25, 0.3) is 0 Å². The number of hydrogen-bond acceptors (Lipinski definition) is 1. The highest BCUT2D eigenvalue weighted by atomic mass is 16.1. The zero-order valence-electron chi connectivity index (χ0n) is 10.5. The largest absolute Gasteiger partial charge is 0.290 e. The van der Waals surface area contributed by atoms with Crippen molar-refractivity contribution in [3.05, 3.63) is 36.5 Å². The zero-order valence-corrected chi connectivity index (χ0v) is 10.5. The number of ketones is 1.